The molecule has 0 unspecified atom stereocenters. The molecule has 2 N–H and O–H groups in total. The van der Waals surface area contributed by atoms with Gasteiger partial charge in [0.05, 0.1) is 18.9 Å². The fraction of sp³-hybridized carbons (Fsp3) is 0.462. The fourth-order valence-corrected chi connectivity index (χ4v) is 4.34. The first-order valence-corrected chi connectivity index (χ1v) is 12.3. The van der Waals surface area contributed by atoms with Crippen LogP contribution in [0.15, 0.2) is 34.7 Å². The molecule has 0 atom stereocenters. The molecule has 10 heteroatoms. The van der Waals surface area contributed by atoms with Gasteiger partial charge in [-0.3, -0.25) is 9.69 Å². The van der Waals surface area contributed by atoms with Crippen molar-refractivity contribution >= 4 is 28.7 Å². The van der Waals surface area contributed by atoms with E-state index in [9.17, 15) is 9.18 Å². The van der Waals surface area contributed by atoms with Crippen LogP contribution in [0.25, 0.3) is 11.1 Å². The number of carbonyl (C=O) groups excluding carboxylic acids is 1. The van der Waals surface area contributed by atoms with Gasteiger partial charge < -0.3 is 29.3 Å². The molecule has 0 saturated carbocycles. The second-order valence-corrected chi connectivity index (χ2v) is 8.62. The van der Waals surface area contributed by atoms with Crippen molar-refractivity contribution in [2.45, 2.75) is 39.3 Å². The molecule has 194 valence electrons. The zero-order valence-electron chi connectivity index (χ0n) is 20.9. The van der Waals surface area contributed by atoms with E-state index in [2.05, 4.69) is 20.5 Å². The van der Waals surface area contributed by atoms with E-state index < -0.39 is 5.82 Å². The Bertz CT molecular complexity index is 1150. The van der Waals surface area contributed by atoms with Gasteiger partial charge in [0.1, 0.15) is 12.1 Å². The van der Waals surface area contributed by atoms with Crippen LogP contribution < -0.4 is 20.1 Å². The second-order valence-electron chi connectivity index (χ2n) is 8.62. The third-order valence-corrected chi connectivity index (χ3v) is 5.96. The Morgan fingerprint density at radius 1 is 1.17 bits per heavy atom. The summed E-state index contributed by atoms with van der Waals surface area (Å²) >= 11 is 0. The number of methoxy groups -OCH3 is 1. The summed E-state index contributed by atoms with van der Waals surface area (Å²) < 4.78 is 36.2. The standard InChI is InChI=1S/C26H33FN4O5/c1-4-34-21-13-17(14-22(24(21)27)35-5-2)15-31-11-9-18(10-12-31)28-26-30-25-19(29-23(32)16-33-3)7-6-8-20(25)36-26/h6-8,13-14,18H,4-5,9-12,15-16H2,1-3H3,(H,28,30)(H,29,32). The van der Waals surface area contributed by atoms with E-state index in [1.54, 1.807) is 18.2 Å². The summed E-state index contributed by atoms with van der Waals surface area (Å²) in [6.45, 7) is 6.82. The number of likely N-dealkylation sites (tertiary alicyclic amines) is 1. The van der Waals surface area contributed by atoms with E-state index in [4.69, 9.17) is 18.6 Å². The highest BCUT2D eigenvalue weighted by Gasteiger charge is 2.22. The summed E-state index contributed by atoms with van der Waals surface area (Å²) in [4.78, 5) is 18.8. The highest BCUT2D eigenvalue weighted by molar-refractivity contribution is 5.99. The van der Waals surface area contributed by atoms with E-state index in [1.165, 1.54) is 7.11 Å². The molecule has 9 nitrogen and oxygen atoms in total. The molecule has 1 saturated heterocycles. The number of benzene rings is 2. The van der Waals surface area contributed by atoms with E-state index in [0.29, 0.717) is 42.6 Å². The molecule has 1 aliphatic heterocycles. The first kappa shape index (κ1) is 25.7. The lowest BCUT2D eigenvalue weighted by Crippen LogP contribution is -2.38. The van der Waals surface area contributed by atoms with Crippen LogP contribution in [0.2, 0.25) is 0 Å². The third-order valence-electron chi connectivity index (χ3n) is 5.96. The van der Waals surface area contributed by atoms with Crippen molar-refractivity contribution in [1.29, 1.82) is 0 Å². The van der Waals surface area contributed by atoms with Crippen LogP contribution in [0.5, 0.6) is 11.5 Å². The number of nitrogens with zero attached hydrogens (tertiary/aromatic N) is 2. The zero-order chi connectivity index (χ0) is 25.5. The summed E-state index contributed by atoms with van der Waals surface area (Å²) in [5.74, 6) is -0.254. The lowest BCUT2D eigenvalue weighted by atomic mass is 10.0. The maximum absolute atomic E-state index is 14.5. The predicted octanol–water partition coefficient (Wildman–Crippen LogP) is 4.43. The molecule has 0 bridgehead atoms. The average Bonchev–Trinajstić information content (AvgIpc) is 3.27. The monoisotopic (exact) mass is 500 g/mol. The van der Waals surface area contributed by atoms with Crippen molar-refractivity contribution < 1.29 is 27.8 Å². The van der Waals surface area contributed by atoms with Gasteiger partial charge in [0, 0.05) is 32.8 Å². The minimum absolute atomic E-state index is 0.0320. The number of carbonyl (C=O) groups is 1. The van der Waals surface area contributed by atoms with Crippen LogP contribution in [0.1, 0.15) is 32.3 Å². The molecular formula is C26H33FN4O5. The minimum Gasteiger partial charge on any atom is -0.491 e. The van der Waals surface area contributed by atoms with Gasteiger partial charge in [-0.1, -0.05) is 6.07 Å². The number of fused-ring (bicyclic) bond motifs is 1. The van der Waals surface area contributed by atoms with Crippen molar-refractivity contribution in [3.8, 4) is 11.5 Å². The van der Waals surface area contributed by atoms with Crippen molar-refractivity contribution in [3.05, 3.63) is 41.7 Å². The number of oxazole rings is 1. The number of amides is 1. The number of nitrogens with one attached hydrogen (secondary N) is 2. The number of hydrogen-bond donors (Lipinski definition) is 2. The first-order valence-electron chi connectivity index (χ1n) is 12.3. The van der Waals surface area contributed by atoms with E-state index in [0.717, 1.165) is 31.5 Å². The van der Waals surface area contributed by atoms with Gasteiger partial charge in [0.25, 0.3) is 6.01 Å². The molecule has 2 aromatic carbocycles. The van der Waals surface area contributed by atoms with Gasteiger partial charge in [-0.15, -0.1) is 0 Å². The number of ether oxygens (including phenoxy) is 3. The maximum Gasteiger partial charge on any atom is 0.295 e. The molecule has 1 aliphatic rings. The molecule has 36 heavy (non-hydrogen) atoms. The summed E-state index contributed by atoms with van der Waals surface area (Å²) in [7, 11) is 1.47. The average molecular weight is 501 g/mol. The summed E-state index contributed by atoms with van der Waals surface area (Å²) in [5, 5.41) is 6.18. The number of aromatic nitrogens is 1. The molecule has 0 radical (unpaired) electrons. The van der Waals surface area contributed by atoms with E-state index in [1.807, 2.05) is 26.0 Å². The highest BCUT2D eigenvalue weighted by Crippen LogP contribution is 2.31. The normalized spacial score (nSPS) is 14.7. The number of para-hydroxylation sites is 1. The molecule has 2 heterocycles. The predicted molar refractivity (Wildman–Crippen MR) is 135 cm³/mol. The van der Waals surface area contributed by atoms with Crippen LogP contribution in [0.4, 0.5) is 16.1 Å². The Morgan fingerprint density at radius 2 is 1.86 bits per heavy atom. The lowest BCUT2D eigenvalue weighted by Gasteiger charge is -2.32. The van der Waals surface area contributed by atoms with Crippen LogP contribution in [-0.4, -0.2) is 61.9 Å². The number of rotatable bonds is 11. The Hall–Kier alpha value is -3.37. The second kappa shape index (κ2) is 12.0. The minimum atomic E-state index is -0.454. The molecule has 3 aromatic rings. The number of piperidine rings is 1. The van der Waals surface area contributed by atoms with Gasteiger partial charge in [0.2, 0.25) is 11.7 Å². The van der Waals surface area contributed by atoms with Crippen molar-refractivity contribution in [3.63, 3.8) is 0 Å². The largest absolute Gasteiger partial charge is 0.491 e. The number of halogens is 1. The van der Waals surface area contributed by atoms with Crippen molar-refractivity contribution in [2.75, 3.05) is 50.7 Å². The Labute approximate surface area is 209 Å². The molecule has 1 amide bonds. The molecule has 4 rings (SSSR count). The maximum atomic E-state index is 14.5. The van der Waals surface area contributed by atoms with Crippen LogP contribution in [-0.2, 0) is 16.1 Å². The molecular weight excluding hydrogens is 467 g/mol. The first-order chi connectivity index (χ1) is 17.5. The van der Waals surface area contributed by atoms with Crippen LogP contribution in [0, 0.1) is 5.82 Å². The fourth-order valence-electron chi connectivity index (χ4n) is 4.34. The topological polar surface area (TPSA) is 98.1 Å². The summed E-state index contributed by atoms with van der Waals surface area (Å²) in [6, 6.07) is 9.55. The molecule has 1 fully saturated rings. The van der Waals surface area contributed by atoms with E-state index >= 15 is 0 Å². The van der Waals surface area contributed by atoms with Crippen LogP contribution >= 0.6 is 0 Å². The van der Waals surface area contributed by atoms with Gasteiger partial charge in [0.15, 0.2) is 17.1 Å². The van der Waals surface area contributed by atoms with Crippen molar-refractivity contribution in [2.24, 2.45) is 0 Å². The SMILES string of the molecule is CCOc1cc(CN2CCC(Nc3nc4c(NC(=O)COC)cccc4o3)CC2)cc(OCC)c1F. The van der Waals surface area contributed by atoms with E-state index in [-0.39, 0.29) is 30.1 Å². The smallest absolute Gasteiger partial charge is 0.295 e. The molecule has 0 aliphatic carbocycles. The Morgan fingerprint density at radius 3 is 2.50 bits per heavy atom. The summed E-state index contributed by atoms with van der Waals surface area (Å²) in [5.41, 5.74) is 2.72. The van der Waals surface area contributed by atoms with Gasteiger partial charge in [-0.2, -0.15) is 9.37 Å². The van der Waals surface area contributed by atoms with Gasteiger partial charge in [-0.25, -0.2) is 0 Å². The number of anilines is 2. The quantitative estimate of drug-likeness (QED) is 0.399. The van der Waals surface area contributed by atoms with Crippen LogP contribution in [0.3, 0.4) is 0 Å². The lowest BCUT2D eigenvalue weighted by molar-refractivity contribution is -0.119. The third kappa shape index (κ3) is 6.24. The molecule has 1 aromatic heterocycles. The molecule has 0 spiro atoms. The van der Waals surface area contributed by atoms with Gasteiger partial charge >= 0.3 is 0 Å². The van der Waals surface area contributed by atoms with Gasteiger partial charge in [-0.05, 0) is 56.5 Å². The highest BCUT2D eigenvalue weighted by atomic mass is 19.1. The zero-order valence-corrected chi connectivity index (χ0v) is 20.9. The number of hydrogen-bond acceptors (Lipinski definition) is 8. The Balaban J connectivity index is 1.36. The Kier molecular flexibility index (Phi) is 8.61. The van der Waals surface area contributed by atoms with Crippen molar-refractivity contribution in [1.82, 2.24) is 9.88 Å². The summed E-state index contributed by atoms with van der Waals surface area (Å²) in [6.07, 6.45) is 1.79.